The van der Waals surface area contributed by atoms with Crippen molar-refractivity contribution in [3.8, 4) is 0 Å². The number of anilines is 1. The van der Waals surface area contributed by atoms with Gasteiger partial charge in [-0.15, -0.1) is 0 Å². The van der Waals surface area contributed by atoms with Gasteiger partial charge in [0.15, 0.2) is 0 Å². The van der Waals surface area contributed by atoms with Gasteiger partial charge in [0.25, 0.3) is 0 Å². The van der Waals surface area contributed by atoms with E-state index in [2.05, 4.69) is 6.92 Å². The maximum absolute atomic E-state index is 5.69. The van der Waals surface area contributed by atoms with E-state index in [1.165, 1.54) is 0 Å². The fourth-order valence-electron chi connectivity index (χ4n) is 0.623. The Kier molecular flexibility index (Phi) is 2.07. The fraction of sp³-hybridized carbons (Fsp3) is 0. The Morgan fingerprint density at radius 3 is 2.40 bits per heavy atom. The van der Waals surface area contributed by atoms with Crippen LogP contribution < -0.4 is 5.73 Å². The SMILES string of the molecule is [CH2]c1c(N)cc(Cl)cc1Cl. The minimum absolute atomic E-state index is 0.505. The Hall–Kier alpha value is -0.400. The molecule has 0 aliphatic rings. The molecule has 0 atom stereocenters. The predicted octanol–water partition coefficient (Wildman–Crippen LogP) is 2.76. The predicted molar refractivity (Wildman–Crippen MR) is 45.3 cm³/mol. The first-order valence-electron chi connectivity index (χ1n) is 2.67. The third-order valence-corrected chi connectivity index (χ3v) is 1.75. The number of rotatable bonds is 0. The van der Waals surface area contributed by atoms with Gasteiger partial charge in [0.05, 0.1) is 0 Å². The van der Waals surface area contributed by atoms with Crippen LogP contribution >= 0.6 is 23.2 Å². The third-order valence-electron chi connectivity index (χ3n) is 1.19. The molecule has 1 rings (SSSR count). The zero-order valence-electron chi connectivity index (χ0n) is 5.20. The molecule has 3 heteroatoms. The molecule has 0 saturated carbocycles. The number of hydrogen-bond donors (Lipinski definition) is 1. The van der Waals surface area contributed by atoms with Crippen molar-refractivity contribution in [2.75, 3.05) is 5.73 Å². The van der Waals surface area contributed by atoms with Gasteiger partial charge in [0, 0.05) is 15.7 Å². The highest BCUT2D eigenvalue weighted by Gasteiger charge is 2.00. The number of halogens is 2. The molecule has 0 aliphatic carbocycles. The molecule has 10 heavy (non-hydrogen) atoms. The first-order chi connectivity index (χ1) is 4.61. The molecule has 0 aliphatic heterocycles. The maximum atomic E-state index is 5.69. The molecule has 1 radical (unpaired) electrons. The van der Waals surface area contributed by atoms with Crippen molar-refractivity contribution < 1.29 is 0 Å². The highest BCUT2D eigenvalue weighted by Crippen LogP contribution is 2.25. The van der Waals surface area contributed by atoms with Crippen molar-refractivity contribution in [2.24, 2.45) is 0 Å². The number of nitrogen functional groups attached to an aromatic ring is 1. The second-order valence-electron chi connectivity index (χ2n) is 1.96. The molecule has 0 unspecified atom stereocenters. The molecule has 0 saturated heterocycles. The molecule has 0 aromatic heterocycles. The lowest BCUT2D eigenvalue weighted by atomic mass is 10.2. The Morgan fingerprint density at radius 2 is 1.90 bits per heavy atom. The Bertz CT molecular complexity index is 235. The third kappa shape index (κ3) is 1.36. The average Bonchev–Trinajstić information content (AvgIpc) is 1.82. The Balaban J connectivity index is 3.31. The molecule has 0 bridgehead atoms. The molecule has 1 aromatic carbocycles. The minimum atomic E-state index is 0.505. The van der Waals surface area contributed by atoms with Gasteiger partial charge in [-0.2, -0.15) is 0 Å². The zero-order valence-corrected chi connectivity index (χ0v) is 6.71. The van der Waals surface area contributed by atoms with E-state index >= 15 is 0 Å². The van der Waals surface area contributed by atoms with Crippen LogP contribution in [0.3, 0.4) is 0 Å². The Labute approximate surface area is 69.7 Å². The number of nitrogens with two attached hydrogens (primary N) is 1. The Morgan fingerprint density at radius 1 is 1.30 bits per heavy atom. The van der Waals surface area contributed by atoms with E-state index in [4.69, 9.17) is 28.9 Å². The highest BCUT2D eigenvalue weighted by atomic mass is 35.5. The van der Waals surface area contributed by atoms with Crippen LogP contribution in [0.2, 0.25) is 10.0 Å². The average molecular weight is 175 g/mol. The summed E-state index contributed by atoms with van der Waals surface area (Å²) >= 11 is 11.3. The van der Waals surface area contributed by atoms with Crippen molar-refractivity contribution in [3.05, 3.63) is 34.7 Å². The minimum Gasteiger partial charge on any atom is -0.398 e. The van der Waals surface area contributed by atoms with E-state index in [1.807, 2.05) is 0 Å². The first-order valence-corrected chi connectivity index (χ1v) is 3.43. The van der Waals surface area contributed by atoms with Crippen molar-refractivity contribution in [3.63, 3.8) is 0 Å². The second kappa shape index (κ2) is 2.69. The lowest BCUT2D eigenvalue weighted by Crippen LogP contribution is -1.89. The van der Waals surface area contributed by atoms with Crippen LogP contribution in [0, 0.1) is 6.92 Å². The monoisotopic (exact) mass is 174 g/mol. The van der Waals surface area contributed by atoms with Crippen LogP contribution in [0.25, 0.3) is 0 Å². The molecule has 2 N–H and O–H groups in total. The topological polar surface area (TPSA) is 26.0 Å². The summed E-state index contributed by atoms with van der Waals surface area (Å²) in [5.74, 6) is 0. The van der Waals surface area contributed by atoms with Crippen LogP contribution in [0.5, 0.6) is 0 Å². The summed E-state index contributed by atoms with van der Waals surface area (Å²) in [6.07, 6.45) is 0. The summed E-state index contributed by atoms with van der Waals surface area (Å²) in [5, 5.41) is 1.04. The van der Waals surface area contributed by atoms with E-state index in [0.29, 0.717) is 21.3 Å². The van der Waals surface area contributed by atoms with Crippen LogP contribution in [-0.2, 0) is 0 Å². The van der Waals surface area contributed by atoms with Gasteiger partial charge in [-0.25, -0.2) is 0 Å². The molecule has 0 heterocycles. The zero-order chi connectivity index (χ0) is 7.72. The molecule has 1 nitrogen and oxygen atoms in total. The lowest BCUT2D eigenvalue weighted by molar-refractivity contribution is 1.60. The molecule has 0 fully saturated rings. The summed E-state index contributed by atoms with van der Waals surface area (Å²) in [7, 11) is 0. The van der Waals surface area contributed by atoms with E-state index in [-0.39, 0.29) is 0 Å². The van der Waals surface area contributed by atoms with Crippen molar-refractivity contribution in [2.45, 2.75) is 0 Å². The summed E-state index contributed by atoms with van der Waals surface area (Å²) in [4.78, 5) is 0. The standard InChI is InChI=1S/C7H6Cl2N/c1-4-6(9)2-5(8)3-7(4)10/h2-3H,1,10H2. The van der Waals surface area contributed by atoms with Gasteiger partial charge < -0.3 is 5.73 Å². The summed E-state index contributed by atoms with van der Waals surface area (Å²) < 4.78 is 0. The molecular formula is C7H6Cl2N. The van der Waals surface area contributed by atoms with E-state index in [0.717, 1.165) is 0 Å². The largest absolute Gasteiger partial charge is 0.398 e. The van der Waals surface area contributed by atoms with Gasteiger partial charge in [-0.1, -0.05) is 23.2 Å². The summed E-state index contributed by atoms with van der Waals surface area (Å²) in [5.41, 5.74) is 6.65. The van der Waals surface area contributed by atoms with Gasteiger partial charge in [-0.05, 0) is 24.6 Å². The molecular weight excluding hydrogens is 169 g/mol. The summed E-state index contributed by atoms with van der Waals surface area (Å²) in [6, 6.07) is 3.23. The molecule has 1 aromatic rings. The van der Waals surface area contributed by atoms with Crippen LogP contribution in [-0.4, -0.2) is 0 Å². The van der Waals surface area contributed by atoms with E-state index in [1.54, 1.807) is 12.1 Å². The van der Waals surface area contributed by atoms with E-state index < -0.39 is 0 Å². The van der Waals surface area contributed by atoms with Gasteiger partial charge in [0.2, 0.25) is 0 Å². The van der Waals surface area contributed by atoms with E-state index in [9.17, 15) is 0 Å². The normalized spacial score (nSPS) is 9.90. The smallest absolute Gasteiger partial charge is 0.0473 e. The number of hydrogen-bond acceptors (Lipinski definition) is 1. The van der Waals surface area contributed by atoms with Crippen molar-refractivity contribution >= 4 is 28.9 Å². The van der Waals surface area contributed by atoms with Crippen LogP contribution in [0.1, 0.15) is 5.56 Å². The van der Waals surface area contributed by atoms with Gasteiger partial charge >= 0.3 is 0 Å². The van der Waals surface area contributed by atoms with Gasteiger partial charge in [-0.3, -0.25) is 0 Å². The second-order valence-corrected chi connectivity index (χ2v) is 2.80. The van der Waals surface area contributed by atoms with Crippen molar-refractivity contribution in [1.82, 2.24) is 0 Å². The van der Waals surface area contributed by atoms with Crippen LogP contribution in [0.15, 0.2) is 12.1 Å². The number of benzene rings is 1. The maximum Gasteiger partial charge on any atom is 0.0473 e. The van der Waals surface area contributed by atoms with Gasteiger partial charge in [0.1, 0.15) is 0 Å². The lowest BCUT2D eigenvalue weighted by Gasteiger charge is -2.01. The highest BCUT2D eigenvalue weighted by molar-refractivity contribution is 6.35. The van der Waals surface area contributed by atoms with Crippen molar-refractivity contribution in [1.29, 1.82) is 0 Å². The fourth-order valence-corrected chi connectivity index (χ4v) is 1.13. The molecule has 0 spiro atoms. The molecule has 53 valence electrons. The summed E-state index contributed by atoms with van der Waals surface area (Å²) in [6.45, 7) is 3.65. The molecule has 0 amide bonds. The quantitative estimate of drug-likeness (QED) is 0.602. The van der Waals surface area contributed by atoms with Crippen LogP contribution in [0.4, 0.5) is 5.69 Å². The first kappa shape index (κ1) is 7.70.